The van der Waals surface area contributed by atoms with Gasteiger partial charge in [-0.1, -0.05) is 13.8 Å². The molecule has 3 nitrogen and oxygen atoms in total. The first-order chi connectivity index (χ1) is 7.08. The Labute approximate surface area is 91.4 Å². The van der Waals surface area contributed by atoms with Crippen molar-refractivity contribution in [3.05, 3.63) is 0 Å². The Hall–Kier alpha value is -0.590. The SMILES string of the molecule is CC1(C)CC(C2(CC#N)OCCCO2)C1. The number of hydrogen-bond donors (Lipinski definition) is 0. The molecule has 0 amide bonds. The van der Waals surface area contributed by atoms with Gasteiger partial charge in [-0.15, -0.1) is 0 Å². The van der Waals surface area contributed by atoms with Crippen LogP contribution in [-0.4, -0.2) is 19.0 Å². The molecule has 0 aromatic rings. The highest BCUT2D eigenvalue weighted by molar-refractivity contribution is 4.99. The van der Waals surface area contributed by atoms with Crippen LogP contribution in [0, 0.1) is 22.7 Å². The molecule has 0 unspecified atom stereocenters. The van der Waals surface area contributed by atoms with Gasteiger partial charge in [0.05, 0.1) is 25.7 Å². The molecule has 1 aliphatic heterocycles. The van der Waals surface area contributed by atoms with Crippen molar-refractivity contribution in [3.63, 3.8) is 0 Å². The fraction of sp³-hybridized carbons (Fsp3) is 0.917. The van der Waals surface area contributed by atoms with Crippen molar-refractivity contribution >= 4 is 0 Å². The van der Waals surface area contributed by atoms with E-state index in [0.717, 1.165) is 32.5 Å². The molecule has 3 heteroatoms. The minimum Gasteiger partial charge on any atom is -0.349 e. The quantitative estimate of drug-likeness (QED) is 0.701. The van der Waals surface area contributed by atoms with Crippen molar-refractivity contribution < 1.29 is 9.47 Å². The maximum absolute atomic E-state index is 8.87. The molecule has 2 rings (SSSR count). The van der Waals surface area contributed by atoms with Crippen LogP contribution < -0.4 is 0 Å². The highest BCUT2D eigenvalue weighted by Crippen LogP contribution is 2.52. The van der Waals surface area contributed by atoms with E-state index in [-0.39, 0.29) is 0 Å². The highest BCUT2D eigenvalue weighted by Gasteiger charge is 2.51. The number of nitrogens with zero attached hydrogens (tertiary/aromatic N) is 1. The van der Waals surface area contributed by atoms with E-state index in [1.807, 2.05) is 0 Å². The third-order valence-corrected chi connectivity index (χ3v) is 3.53. The molecule has 0 spiro atoms. The second-order valence-electron chi connectivity index (χ2n) is 5.47. The summed E-state index contributed by atoms with van der Waals surface area (Å²) in [5.74, 6) is -0.171. The Morgan fingerprint density at radius 2 is 1.87 bits per heavy atom. The number of nitriles is 1. The van der Waals surface area contributed by atoms with Gasteiger partial charge in [0.15, 0.2) is 5.79 Å². The second kappa shape index (κ2) is 3.77. The molecule has 0 N–H and O–H groups in total. The van der Waals surface area contributed by atoms with Crippen LogP contribution in [0.25, 0.3) is 0 Å². The molecule has 0 radical (unpaired) electrons. The first kappa shape index (κ1) is 10.9. The van der Waals surface area contributed by atoms with Gasteiger partial charge in [0.1, 0.15) is 0 Å². The van der Waals surface area contributed by atoms with Crippen LogP contribution >= 0.6 is 0 Å². The molecule has 2 fully saturated rings. The largest absolute Gasteiger partial charge is 0.349 e. The lowest BCUT2D eigenvalue weighted by atomic mass is 9.61. The number of hydrogen-bond acceptors (Lipinski definition) is 3. The van der Waals surface area contributed by atoms with Crippen molar-refractivity contribution in [1.29, 1.82) is 5.26 Å². The molecular weight excluding hydrogens is 190 g/mol. The summed E-state index contributed by atoms with van der Waals surface area (Å²) in [6.07, 6.45) is 3.53. The minimum absolute atomic E-state index is 0.369. The van der Waals surface area contributed by atoms with E-state index in [1.165, 1.54) is 0 Å². The smallest absolute Gasteiger partial charge is 0.184 e. The summed E-state index contributed by atoms with van der Waals surface area (Å²) < 4.78 is 11.5. The Kier molecular flexibility index (Phi) is 2.74. The van der Waals surface area contributed by atoms with Crippen LogP contribution in [0.3, 0.4) is 0 Å². The summed E-state index contributed by atoms with van der Waals surface area (Å²) >= 11 is 0. The predicted molar refractivity (Wildman–Crippen MR) is 56.0 cm³/mol. The summed E-state index contributed by atoms with van der Waals surface area (Å²) in [4.78, 5) is 0. The average Bonchev–Trinajstić information content (AvgIpc) is 2.16. The van der Waals surface area contributed by atoms with E-state index < -0.39 is 5.79 Å². The van der Waals surface area contributed by atoms with Crippen molar-refractivity contribution in [2.24, 2.45) is 11.3 Å². The van der Waals surface area contributed by atoms with Gasteiger partial charge in [0, 0.05) is 5.92 Å². The van der Waals surface area contributed by atoms with Gasteiger partial charge in [-0.25, -0.2) is 0 Å². The van der Waals surface area contributed by atoms with E-state index in [0.29, 0.717) is 17.8 Å². The predicted octanol–water partition coefficient (Wildman–Crippen LogP) is 2.47. The first-order valence-corrected chi connectivity index (χ1v) is 5.73. The van der Waals surface area contributed by atoms with Crippen molar-refractivity contribution in [1.82, 2.24) is 0 Å². The van der Waals surface area contributed by atoms with Crippen molar-refractivity contribution in [2.75, 3.05) is 13.2 Å². The fourth-order valence-electron chi connectivity index (χ4n) is 2.77. The zero-order chi connectivity index (χ0) is 10.9. The lowest BCUT2D eigenvalue weighted by Gasteiger charge is -2.52. The zero-order valence-corrected chi connectivity index (χ0v) is 9.58. The van der Waals surface area contributed by atoms with Gasteiger partial charge >= 0.3 is 0 Å². The molecule has 1 heterocycles. The van der Waals surface area contributed by atoms with E-state index in [1.54, 1.807) is 0 Å². The van der Waals surface area contributed by atoms with E-state index in [9.17, 15) is 0 Å². The van der Waals surface area contributed by atoms with Gasteiger partial charge in [-0.3, -0.25) is 0 Å². The van der Waals surface area contributed by atoms with E-state index in [4.69, 9.17) is 14.7 Å². The molecule has 1 aliphatic carbocycles. The summed E-state index contributed by atoms with van der Waals surface area (Å²) in [5, 5.41) is 8.87. The number of ether oxygens (including phenoxy) is 2. The normalized spacial score (nSPS) is 29.1. The maximum Gasteiger partial charge on any atom is 0.184 e. The molecule has 84 valence electrons. The van der Waals surface area contributed by atoms with Gasteiger partial charge < -0.3 is 9.47 Å². The van der Waals surface area contributed by atoms with Crippen molar-refractivity contribution in [3.8, 4) is 6.07 Å². The van der Waals surface area contributed by atoms with Crippen LogP contribution in [0.1, 0.15) is 39.5 Å². The molecule has 0 aromatic carbocycles. The summed E-state index contributed by atoms with van der Waals surface area (Å²) in [6.45, 7) is 5.98. The number of rotatable bonds is 2. The first-order valence-electron chi connectivity index (χ1n) is 5.73. The third kappa shape index (κ3) is 2.02. The fourth-order valence-corrected chi connectivity index (χ4v) is 2.77. The Morgan fingerprint density at radius 3 is 2.33 bits per heavy atom. The van der Waals surface area contributed by atoms with Crippen LogP contribution in [0.5, 0.6) is 0 Å². The highest BCUT2D eigenvalue weighted by atomic mass is 16.7. The molecule has 1 saturated carbocycles. The zero-order valence-electron chi connectivity index (χ0n) is 9.58. The lowest BCUT2D eigenvalue weighted by Crippen LogP contribution is -2.53. The van der Waals surface area contributed by atoms with Crippen LogP contribution in [0.4, 0.5) is 0 Å². The molecule has 0 atom stereocenters. The molecular formula is C12H19NO2. The van der Waals surface area contributed by atoms with Gasteiger partial charge in [-0.2, -0.15) is 5.26 Å². The monoisotopic (exact) mass is 209 g/mol. The van der Waals surface area contributed by atoms with Crippen LogP contribution in [0.2, 0.25) is 0 Å². The lowest BCUT2D eigenvalue weighted by molar-refractivity contribution is -0.313. The Bertz CT molecular complexity index is 266. The maximum atomic E-state index is 8.87. The summed E-state index contributed by atoms with van der Waals surface area (Å²) in [7, 11) is 0. The average molecular weight is 209 g/mol. The van der Waals surface area contributed by atoms with E-state index >= 15 is 0 Å². The topological polar surface area (TPSA) is 42.2 Å². The van der Waals surface area contributed by atoms with Gasteiger partial charge in [-0.05, 0) is 24.7 Å². The molecule has 0 bridgehead atoms. The Balaban J connectivity index is 2.03. The van der Waals surface area contributed by atoms with Crippen LogP contribution in [-0.2, 0) is 9.47 Å². The third-order valence-electron chi connectivity index (χ3n) is 3.53. The second-order valence-corrected chi connectivity index (χ2v) is 5.47. The van der Waals surface area contributed by atoms with E-state index in [2.05, 4.69) is 19.9 Å². The van der Waals surface area contributed by atoms with Gasteiger partial charge in [0.2, 0.25) is 0 Å². The molecule has 1 saturated heterocycles. The van der Waals surface area contributed by atoms with Gasteiger partial charge in [0.25, 0.3) is 0 Å². The summed E-state index contributed by atoms with van der Waals surface area (Å²) in [5.41, 5.74) is 0.400. The van der Waals surface area contributed by atoms with Crippen LogP contribution in [0.15, 0.2) is 0 Å². The molecule has 15 heavy (non-hydrogen) atoms. The molecule has 0 aromatic heterocycles. The standard InChI is InChI=1S/C12H19NO2/c1-11(2)8-10(9-11)12(4-5-13)14-6-3-7-15-12/h10H,3-4,6-9H2,1-2H3. The minimum atomic E-state index is -0.581. The van der Waals surface area contributed by atoms with Crippen molar-refractivity contribution in [2.45, 2.75) is 45.3 Å². The Morgan fingerprint density at radius 1 is 1.27 bits per heavy atom. The summed E-state index contributed by atoms with van der Waals surface area (Å²) in [6, 6.07) is 2.20. The molecule has 2 aliphatic rings.